The summed E-state index contributed by atoms with van der Waals surface area (Å²) in [6.07, 6.45) is 0. The molecule has 0 unspecified atom stereocenters. The Kier molecular flexibility index (Phi) is 9.19. The second-order valence-electron chi connectivity index (χ2n) is 18.8. The van der Waals surface area contributed by atoms with E-state index in [2.05, 4.69) is 240 Å². The molecule has 5 heteroatoms. The largest absolute Gasteiger partial charge is 0.456 e. The van der Waals surface area contributed by atoms with E-state index in [1.165, 1.54) is 0 Å². The normalized spacial score (nSPS) is 11.8. The number of hydrogen-bond donors (Lipinski definition) is 0. The molecule has 0 bridgehead atoms. The van der Waals surface area contributed by atoms with Crippen LogP contribution in [0.25, 0.3) is 110 Å². The van der Waals surface area contributed by atoms with Crippen LogP contribution in [0.2, 0.25) is 0 Å². The molecule has 0 atom stereocenters. The Morgan fingerprint density at radius 1 is 0.233 bits per heavy atom. The smallest absolute Gasteiger partial charge is 0.143 e. The Balaban J connectivity index is 0.942. The molecule has 12 aromatic carbocycles. The van der Waals surface area contributed by atoms with Gasteiger partial charge >= 0.3 is 0 Å². The number of benzene rings is 12. The van der Waals surface area contributed by atoms with Crippen molar-refractivity contribution in [3.63, 3.8) is 0 Å². The van der Waals surface area contributed by atoms with Gasteiger partial charge in [0, 0.05) is 77.6 Å². The van der Waals surface area contributed by atoms with Crippen LogP contribution in [-0.4, -0.2) is 0 Å². The van der Waals surface area contributed by atoms with E-state index < -0.39 is 0 Å². The molecule has 0 aliphatic carbocycles. The van der Waals surface area contributed by atoms with Crippen molar-refractivity contribution in [3.05, 3.63) is 255 Å². The van der Waals surface area contributed by atoms with Crippen molar-refractivity contribution in [3.8, 4) is 22.3 Å². The predicted molar refractivity (Wildman–Crippen MR) is 304 cm³/mol. The van der Waals surface area contributed by atoms with Gasteiger partial charge in [-0.15, -0.1) is 0 Å². The van der Waals surface area contributed by atoms with E-state index in [1.54, 1.807) is 0 Å². The summed E-state index contributed by atoms with van der Waals surface area (Å²) in [7, 11) is 0. The van der Waals surface area contributed by atoms with E-state index in [0.29, 0.717) is 0 Å². The number of anilines is 6. The highest BCUT2D eigenvalue weighted by atomic mass is 16.3. The standard InChI is InChI=1S/C68H42N2O3/c1-3-17-43(18-4-1)49-21-9-13-27-60(49)69(46-33-37-64-58(40-46)52-24-11-15-29-62(52)71-64)45-31-35-55-57(39-45)51-23-7-8-26-54(51)67-56-36-32-48(42-66(56)73-68(55)67)70(61-28-14-10-22-50(61)44-19-5-2-6-20-44)47-34-38-65-59(41-47)53-25-12-16-30-63(53)72-65/h1-42H. The molecule has 0 saturated heterocycles. The summed E-state index contributed by atoms with van der Waals surface area (Å²) < 4.78 is 19.9. The maximum Gasteiger partial charge on any atom is 0.143 e. The van der Waals surface area contributed by atoms with Gasteiger partial charge in [0.1, 0.15) is 33.5 Å². The van der Waals surface area contributed by atoms with Crippen molar-refractivity contribution in [2.45, 2.75) is 0 Å². The summed E-state index contributed by atoms with van der Waals surface area (Å²) in [5.41, 5.74) is 15.8. The highest BCUT2D eigenvalue weighted by molar-refractivity contribution is 6.30. The van der Waals surface area contributed by atoms with Gasteiger partial charge in [0.2, 0.25) is 0 Å². The third kappa shape index (κ3) is 6.56. The quantitative estimate of drug-likeness (QED) is 0.142. The van der Waals surface area contributed by atoms with Gasteiger partial charge in [0.25, 0.3) is 0 Å². The van der Waals surface area contributed by atoms with Gasteiger partial charge in [-0.05, 0) is 118 Å². The van der Waals surface area contributed by atoms with Gasteiger partial charge in [0.05, 0.1) is 11.4 Å². The van der Waals surface area contributed by atoms with E-state index in [-0.39, 0.29) is 0 Å². The summed E-state index contributed by atoms with van der Waals surface area (Å²) >= 11 is 0. The molecule has 3 heterocycles. The number of para-hydroxylation sites is 4. The van der Waals surface area contributed by atoms with Crippen molar-refractivity contribution in [1.29, 1.82) is 0 Å². The maximum atomic E-state index is 7.23. The molecule has 0 aliphatic heterocycles. The molecule has 0 spiro atoms. The van der Waals surface area contributed by atoms with E-state index in [1.807, 2.05) is 24.3 Å². The topological polar surface area (TPSA) is 45.9 Å². The molecule has 5 nitrogen and oxygen atoms in total. The second kappa shape index (κ2) is 16.4. The molecule has 15 rings (SSSR count). The van der Waals surface area contributed by atoms with Crippen molar-refractivity contribution >= 4 is 121 Å². The fraction of sp³-hybridized carbons (Fsp3) is 0. The average molecular weight is 935 g/mol. The number of furan rings is 3. The highest BCUT2D eigenvalue weighted by Gasteiger charge is 2.24. The average Bonchev–Trinajstić information content (AvgIpc) is 4.16. The summed E-state index contributed by atoms with van der Waals surface area (Å²) in [4.78, 5) is 4.74. The number of fused-ring (bicyclic) bond motifs is 14. The van der Waals surface area contributed by atoms with Crippen LogP contribution in [0.4, 0.5) is 34.1 Å². The third-order valence-electron chi connectivity index (χ3n) is 14.6. The molecule has 0 aliphatic rings. The van der Waals surface area contributed by atoms with Crippen LogP contribution in [-0.2, 0) is 0 Å². The van der Waals surface area contributed by atoms with Crippen LogP contribution in [0, 0.1) is 0 Å². The zero-order valence-corrected chi connectivity index (χ0v) is 39.4. The van der Waals surface area contributed by atoms with Gasteiger partial charge < -0.3 is 23.1 Å². The molecule has 3 aromatic heterocycles. The van der Waals surface area contributed by atoms with E-state index in [0.717, 1.165) is 144 Å². The molecular weight excluding hydrogens is 893 g/mol. The Bertz CT molecular complexity index is 4640. The first-order valence-corrected chi connectivity index (χ1v) is 24.7. The Hall–Kier alpha value is -9.84. The Morgan fingerprint density at radius 2 is 0.644 bits per heavy atom. The SMILES string of the molecule is c1ccc(-c2ccccc2N(c2ccc3c(c2)oc2c4ccc(N(c5ccc6oc7ccccc7c6c5)c5ccccc5-c5ccccc5)cc4c4ccccc4c32)c2ccc3oc4ccccc4c3c2)cc1. The molecule has 0 radical (unpaired) electrons. The minimum atomic E-state index is 0.810. The van der Waals surface area contributed by atoms with Crippen molar-refractivity contribution < 1.29 is 13.3 Å². The number of nitrogens with zero attached hydrogens (tertiary/aromatic N) is 2. The van der Waals surface area contributed by atoms with Gasteiger partial charge in [-0.1, -0.05) is 158 Å². The third-order valence-corrected chi connectivity index (χ3v) is 14.6. The van der Waals surface area contributed by atoms with Crippen LogP contribution in [0.15, 0.2) is 268 Å². The van der Waals surface area contributed by atoms with Crippen molar-refractivity contribution in [1.82, 2.24) is 0 Å². The van der Waals surface area contributed by atoms with Crippen LogP contribution < -0.4 is 9.80 Å². The molecule has 342 valence electrons. The number of rotatable bonds is 8. The number of hydrogen-bond acceptors (Lipinski definition) is 5. The molecule has 15 aromatic rings. The van der Waals surface area contributed by atoms with Crippen LogP contribution in [0.3, 0.4) is 0 Å². The second-order valence-corrected chi connectivity index (χ2v) is 18.8. The molecule has 0 amide bonds. The molecular formula is C68H42N2O3. The lowest BCUT2D eigenvalue weighted by molar-refractivity contribution is 0.668. The van der Waals surface area contributed by atoms with Crippen LogP contribution in [0.1, 0.15) is 0 Å². The van der Waals surface area contributed by atoms with Crippen molar-refractivity contribution in [2.75, 3.05) is 9.80 Å². The van der Waals surface area contributed by atoms with Gasteiger partial charge in [-0.3, -0.25) is 0 Å². The van der Waals surface area contributed by atoms with E-state index >= 15 is 0 Å². The first-order chi connectivity index (χ1) is 36.2. The van der Waals surface area contributed by atoms with Gasteiger partial charge in [-0.2, -0.15) is 0 Å². The maximum absolute atomic E-state index is 7.23. The molecule has 0 N–H and O–H groups in total. The Morgan fingerprint density at radius 3 is 1.21 bits per heavy atom. The zero-order valence-electron chi connectivity index (χ0n) is 39.4. The van der Waals surface area contributed by atoms with Gasteiger partial charge in [-0.25, -0.2) is 0 Å². The molecule has 0 saturated carbocycles. The minimum absolute atomic E-state index is 0.810. The lowest BCUT2D eigenvalue weighted by atomic mass is 9.95. The highest BCUT2D eigenvalue weighted by Crippen LogP contribution is 2.49. The summed E-state index contributed by atoms with van der Waals surface area (Å²) in [6, 6.07) is 90.4. The van der Waals surface area contributed by atoms with Crippen molar-refractivity contribution in [2.24, 2.45) is 0 Å². The van der Waals surface area contributed by atoms with E-state index in [4.69, 9.17) is 13.3 Å². The fourth-order valence-electron chi connectivity index (χ4n) is 11.3. The fourth-order valence-corrected chi connectivity index (χ4v) is 11.3. The minimum Gasteiger partial charge on any atom is -0.456 e. The summed E-state index contributed by atoms with van der Waals surface area (Å²) in [6.45, 7) is 0. The lowest BCUT2D eigenvalue weighted by Crippen LogP contribution is -2.11. The monoisotopic (exact) mass is 934 g/mol. The van der Waals surface area contributed by atoms with Gasteiger partial charge in [0.15, 0.2) is 0 Å². The Labute approximate surface area is 419 Å². The molecule has 0 fully saturated rings. The van der Waals surface area contributed by atoms with Crippen LogP contribution in [0.5, 0.6) is 0 Å². The summed E-state index contributed by atoms with van der Waals surface area (Å²) in [5, 5.41) is 10.9. The first-order valence-electron chi connectivity index (χ1n) is 24.7. The summed E-state index contributed by atoms with van der Waals surface area (Å²) in [5.74, 6) is 0. The zero-order chi connectivity index (χ0) is 48.0. The van der Waals surface area contributed by atoms with E-state index in [9.17, 15) is 0 Å². The lowest BCUT2D eigenvalue weighted by Gasteiger charge is -2.28. The predicted octanol–water partition coefficient (Wildman–Crippen LogP) is 20.0. The molecule has 73 heavy (non-hydrogen) atoms. The van der Waals surface area contributed by atoms with Crippen LogP contribution >= 0.6 is 0 Å². The first kappa shape index (κ1) is 41.0.